The van der Waals surface area contributed by atoms with E-state index in [0.29, 0.717) is 11.2 Å². The number of rotatable bonds is 4. The molecule has 0 aliphatic heterocycles. The van der Waals surface area contributed by atoms with E-state index in [-0.39, 0.29) is 21.1 Å². The lowest BCUT2D eigenvalue weighted by Gasteiger charge is -2.04. The van der Waals surface area contributed by atoms with Crippen molar-refractivity contribution in [3.63, 3.8) is 0 Å². The minimum Gasteiger partial charge on any atom is -0.465 e. The Kier molecular flexibility index (Phi) is 4.19. The summed E-state index contributed by atoms with van der Waals surface area (Å²) in [6.07, 6.45) is 3.23. The number of hydrogen-bond donors (Lipinski definition) is 2. The Morgan fingerprint density at radius 3 is 2.76 bits per heavy atom. The van der Waals surface area contributed by atoms with Gasteiger partial charge in [0.15, 0.2) is 11.3 Å². The van der Waals surface area contributed by atoms with Gasteiger partial charge in [-0.2, -0.15) is 5.10 Å². The van der Waals surface area contributed by atoms with E-state index in [2.05, 4.69) is 15.4 Å². The van der Waals surface area contributed by atoms with Crippen molar-refractivity contribution in [2.24, 2.45) is 5.73 Å². The van der Waals surface area contributed by atoms with Crippen molar-refractivity contribution < 1.29 is 19.1 Å². The molecule has 3 aromatic heterocycles. The van der Waals surface area contributed by atoms with Gasteiger partial charge in [0, 0.05) is 18.5 Å². The maximum absolute atomic E-state index is 12.5. The molecular formula is C15H13N5O4S. The number of esters is 1. The van der Waals surface area contributed by atoms with Gasteiger partial charge >= 0.3 is 5.97 Å². The highest BCUT2D eigenvalue weighted by atomic mass is 32.1. The molecule has 0 aliphatic carbocycles. The van der Waals surface area contributed by atoms with Gasteiger partial charge < -0.3 is 15.8 Å². The molecule has 0 aliphatic rings. The van der Waals surface area contributed by atoms with Gasteiger partial charge in [-0.05, 0) is 18.6 Å². The van der Waals surface area contributed by atoms with E-state index >= 15 is 0 Å². The van der Waals surface area contributed by atoms with Crippen LogP contribution in [0.15, 0.2) is 24.5 Å². The Labute approximate surface area is 145 Å². The van der Waals surface area contributed by atoms with Crippen LogP contribution in [0.3, 0.4) is 0 Å². The SMILES string of the molecule is COC(=O)c1c(NC(=O)c2cc3ncccn3n2)sc(C(N)=O)c1C. The summed E-state index contributed by atoms with van der Waals surface area (Å²) in [6, 6.07) is 3.18. The maximum Gasteiger partial charge on any atom is 0.341 e. The van der Waals surface area contributed by atoms with E-state index in [0.717, 1.165) is 11.3 Å². The molecule has 0 fully saturated rings. The van der Waals surface area contributed by atoms with Crippen molar-refractivity contribution in [3.8, 4) is 0 Å². The maximum atomic E-state index is 12.5. The lowest BCUT2D eigenvalue weighted by atomic mass is 10.1. The van der Waals surface area contributed by atoms with Gasteiger partial charge in [0.1, 0.15) is 5.00 Å². The molecular weight excluding hydrogens is 346 g/mol. The first-order valence-corrected chi connectivity index (χ1v) is 7.87. The molecule has 0 atom stereocenters. The van der Waals surface area contributed by atoms with Gasteiger partial charge in [-0.1, -0.05) is 0 Å². The monoisotopic (exact) mass is 359 g/mol. The molecule has 3 aromatic rings. The molecule has 0 aromatic carbocycles. The molecule has 25 heavy (non-hydrogen) atoms. The third kappa shape index (κ3) is 2.94. The number of nitrogens with two attached hydrogens (primary N) is 1. The number of nitrogens with one attached hydrogen (secondary N) is 1. The fraction of sp³-hybridized carbons (Fsp3) is 0.133. The predicted molar refractivity (Wildman–Crippen MR) is 89.9 cm³/mol. The number of ether oxygens (including phenoxy) is 1. The molecule has 0 radical (unpaired) electrons. The molecule has 0 saturated heterocycles. The van der Waals surface area contributed by atoms with Crippen molar-refractivity contribution in [1.82, 2.24) is 14.6 Å². The minimum absolute atomic E-state index is 0.0940. The fourth-order valence-corrected chi connectivity index (χ4v) is 3.33. The molecule has 3 rings (SSSR count). The van der Waals surface area contributed by atoms with Crippen LogP contribution >= 0.6 is 11.3 Å². The van der Waals surface area contributed by atoms with Gasteiger partial charge in [-0.25, -0.2) is 14.3 Å². The highest BCUT2D eigenvalue weighted by molar-refractivity contribution is 7.18. The van der Waals surface area contributed by atoms with Crippen LogP contribution in [0.25, 0.3) is 5.65 Å². The van der Waals surface area contributed by atoms with Crippen molar-refractivity contribution in [3.05, 3.63) is 46.2 Å². The molecule has 10 heteroatoms. The topological polar surface area (TPSA) is 129 Å². The summed E-state index contributed by atoms with van der Waals surface area (Å²) < 4.78 is 6.17. The number of aromatic nitrogens is 3. The highest BCUT2D eigenvalue weighted by Gasteiger charge is 2.26. The lowest BCUT2D eigenvalue weighted by Crippen LogP contribution is -2.15. The Bertz CT molecular complexity index is 974. The zero-order valence-corrected chi connectivity index (χ0v) is 14.1. The third-order valence-electron chi connectivity index (χ3n) is 3.46. The van der Waals surface area contributed by atoms with Crippen LogP contribution in [0.5, 0.6) is 0 Å². The number of hydrogen-bond acceptors (Lipinski definition) is 7. The summed E-state index contributed by atoms with van der Waals surface area (Å²) in [6.45, 7) is 1.56. The summed E-state index contributed by atoms with van der Waals surface area (Å²) in [5.41, 5.74) is 6.38. The van der Waals surface area contributed by atoms with Crippen molar-refractivity contribution in [2.45, 2.75) is 6.92 Å². The molecule has 0 bridgehead atoms. The van der Waals surface area contributed by atoms with E-state index in [1.807, 2.05) is 0 Å². The van der Waals surface area contributed by atoms with E-state index in [9.17, 15) is 14.4 Å². The molecule has 2 amide bonds. The number of fused-ring (bicyclic) bond motifs is 1. The second kappa shape index (κ2) is 6.32. The van der Waals surface area contributed by atoms with Crippen LogP contribution in [0.1, 0.15) is 36.1 Å². The zero-order valence-electron chi connectivity index (χ0n) is 13.3. The molecule has 0 saturated carbocycles. The minimum atomic E-state index is -0.690. The fourth-order valence-electron chi connectivity index (χ4n) is 2.29. The average molecular weight is 359 g/mol. The number of anilines is 1. The van der Waals surface area contributed by atoms with Crippen LogP contribution in [-0.2, 0) is 4.74 Å². The van der Waals surface area contributed by atoms with Crippen molar-refractivity contribution in [2.75, 3.05) is 12.4 Å². The van der Waals surface area contributed by atoms with Gasteiger partial charge in [0.05, 0.1) is 17.6 Å². The number of thiophene rings is 1. The Balaban J connectivity index is 1.98. The second-order valence-electron chi connectivity index (χ2n) is 5.02. The van der Waals surface area contributed by atoms with Gasteiger partial charge in [-0.15, -0.1) is 11.3 Å². The standard InChI is InChI=1S/C15H13N5O4S/c1-7-10(15(23)24-2)14(25-11(7)12(16)21)18-13(22)8-6-9-17-4-3-5-20(9)19-8/h3-6H,1-2H3,(H2,16,21)(H,18,22). The number of carbonyl (C=O) groups excluding carboxylic acids is 3. The lowest BCUT2D eigenvalue weighted by molar-refractivity contribution is 0.0601. The smallest absolute Gasteiger partial charge is 0.341 e. The summed E-state index contributed by atoms with van der Waals surface area (Å²) in [7, 11) is 1.21. The predicted octanol–water partition coefficient (Wildman–Crippen LogP) is 1.24. The van der Waals surface area contributed by atoms with Crippen LogP contribution < -0.4 is 11.1 Å². The van der Waals surface area contributed by atoms with Gasteiger partial charge in [-0.3, -0.25) is 9.59 Å². The molecule has 0 unspecified atom stereocenters. The van der Waals surface area contributed by atoms with E-state index in [4.69, 9.17) is 10.5 Å². The third-order valence-corrected chi connectivity index (χ3v) is 4.68. The molecule has 9 nitrogen and oxygen atoms in total. The Morgan fingerprint density at radius 1 is 1.36 bits per heavy atom. The Hall–Kier alpha value is -3.27. The van der Waals surface area contributed by atoms with E-state index < -0.39 is 17.8 Å². The summed E-state index contributed by atoms with van der Waals surface area (Å²) in [5.74, 6) is -1.91. The average Bonchev–Trinajstić information content (AvgIpc) is 3.15. The first-order chi connectivity index (χ1) is 11.9. The van der Waals surface area contributed by atoms with Crippen molar-refractivity contribution >= 4 is 39.8 Å². The van der Waals surface area contributed by atoms with Crippen LogP contribution in [-0.4, -0.2) is 39.5 Å². The summed E-state index contributed by atoms with van der Waals surface area (Å²) >= 11 is 0.910. The largest absolute Gasteiger partial charge is 0.465 e. The van der Waals surface area contributed by atoms with Crippen LogP contribution in [0.4, 0.5) is 5.00 Å². The van der Waals surface area contributed by atoms with E-state index in [1.165, 1.54) is 17.7 Å². The van der Waals surface area contributed by atoms with Gasteiger partial charge in [0.25, 0.3) is 11.8 Å². The molecule has 3 N–H and O–H groups in total. The van der Waals surface area contributed by atoms with Crippen LogP contribution in [0.2, 0.25) is 0 Å². The number of methoxy groups -OCH3 is 1. The summed E-state index contributed by atoms with van der Waals surface area (Å²) in [4.78, 5) is 40.2. The van der Waals surface area contributed by atoms with Crippen molar-refractivity contribution in [1.29, 1.82) is 0 Å². The first kappa shape index (κ1) is 16.6. The summed E-state index contributed by atoms with van der Waals surface area (Å²) in [5, 5.41) is 6.87. The molecule has 128 valence electrons. The number of nitrogens with zero attached hydrogens (tertiary/aromatic N) is 3. The molecule has 3 heterocycles. The van der Waals surface area contributed by atoms with E-state index in [1.54, 1.807) is 25.4 Å². The van der Waals surface area contributed by atoms with Crippen LogP contribution in [0, 0.1) is 6.92 Å². The normalized spacial score (nSPS) is 10.6. The highest BCUT2D eigenvalue weighted by Crippen LogP contribution is 2.33. The quantitative estimate of drug-likeness (QED) is 0.674. The first-order valence-electron chi connectivity index (χ1n) is 7.05. The Morgan fingerprint density at radius 2 is 2.12 bits per heavy atom. The zero-order chi connectivity index (χ0) is 18.1. The second-order valence-corrected chi connectivity index (χ2v) is 6.04. The number of amides is 2. The number of primary amides is 1. The van der Waals surface area contributed by atoms with Gasteiger partial charge in [0.2, 0.25) is 0 Å². The molecule has 0 spiro atoms. The number of carbonyl (C=O) groups is 3.